The molecule has 0 saturated heterocycles. The standard InChI is InChI=1S/C18H20O3/c1-12-7-13(2)9-15(8-12)11-21-17-6-5-16(14(3)19)10-18(17)20-4/h5-10H,11H2,1-4H3. The first-order valence-electron chi connectivity index (χ1n) is 6.88. The van der Waals surface area contributed by atoms with Crippen LogP contribution >= 0.6 is 0 Å². The average molecular weight is 284 g/mol. The van der Waals surface area contributed by atoms with Crippen LogP contribution < -0.4 is 9.47 Å². The molecule has 0 amide bonds. The number of methoxy groups -OCH3 is 1. The van der Waals surface area contributed by atoms with Crippen LogP contribution in [-0.4, -0.2) is 12.9 Å². The van der Waals surface area contributed by atoms with Crippen LogP contribution in [0.25, 0.3) is 0 Å². The first kappa shape index (κ1) is 15.1. The number of carbonyl (C=O) groups is 1. The van der Waals surface area contributed by atoms with E-state index in [1.165, 1.54) is 18.1 Å². The molecule has 0 aromatic heterocycles. The van der Waals surface area contributed by atoms with E-state index in [0.29, 0.717) is 23.7 Å². The van der Waals surface area contributed by atoms with Crippen LogP contribution in [-0.2, 0) is 6.61 Å². The fourth-order valence-electron chi connectivity index (χ4n) is 2.32. The molecule has 0 atom stereocenters. The van der Waals surface area contributed by atoms with Crippen molar-refractivity contribution in [3.05, 3.63) is 58.7 Å². The fraction of sp³-hybridized carbons (Fsp3) is 0.278. The van der Waals surface area contributed by atoms with E-state index in [1.54, 1.807) is 25.3 Å². The molecule has 0 unspecified atom stereocenters. The zero-order valence-electron chi connectivity index (χ0n) is 12.9. The van der Waals surface area contributed by atoms with Gasteiger partial charge in [-0.15, -0.1) is 0 Å². The van der Waals surface area contributed by atoms with Crippen LogP contribution in [0.5, 0.6) is 11.5 Å². The van der Waals surface area contributed by atoms with Crippen LogP contribution in [0, 0.1) is 13.8 Å². The Labute approximate surface area is 125 Å². The van der Waals surface area contributed by atoms with Crippen LogP contribution in [0.3, 0.4) is 0 Å². The second-order valence-electron chi connectivity index (χ2n) is 5.21. The summed E-state index contributed by atoms with van der Waals surface area (Å²) in [5, 5.41) is 0. The van der Waals surface area contributed by atoms with Gasteiger partial charge in [-0.1, -0.05) is 29.3 Å². The maximum Gasteiger partial charge on any atom is 0.161 e. The number of ketones is 1. The molecule has 21 heavy (non-hydrogen) atoms. The average Bonchev–Trinajstić information content (AvgIpc) is 2.43. The van der Waals surface area contributed by atoms with Crippen LogP contribution in [0.4, 0.5) is 0 Å². The van der Waals surface area contributed by atoms with Crippen molar-refractivity contribution in [3.63, 3.8) is 0 Å². The van der Waals surface area contributed by atoms with Gasteiger partial charge in [0.2, 0.25) is 0 Å². The molecular weight excluding hydrogens is 264 g/mol. The SMILES string of the molecule is COc1cc(C(C)=O)ccc1OCc1cc(C)cc(C)c1. The summed E-state index contributed by atoms with van der Waals surface area (Å²) in [5.41, 5.74) is 4.16. The molecule has 0 aliphatic rings. The van der Waals surface area contributed by atoms with Crippen molar-refractivity contribution in [1.82, 2.24) is 0 Å². The summed E-state index contributed by atoms with van der Waals surface area (Å²) in [6.07, 6.45) is 0. The molecule has 2 aromatic carbocycles. The van der Waals surface area contributed by atoms with Gasteiger partial charge in [0, 0.05) is 5.56 Å². The Hall–Kier alpha value is -2.29. The predicted molar refractivity (Wildman–Crippen MR) is 83.2 cm³/mol. The second-order valence-corrected chi connectivity index (χ2v) is 5.21. The molecule has 0 fully saturated rings. The molecule has 0 spiro atoms. The first-order chi connectivity index (χ1) is 9.99. The summed E-state index contributed by atoms with van der Waals surface area (Å²) < 4.78 is 11.1. The summed E-state index contributed by atoms with van der Waals surface area (Å²) in [6.45, 7) is 6.14. The summed E-state index contributed by atoms with van der Waals surface area (Å²) in [6, 6.07) is 11.6. The molecular formula is C18H20O3. The number of hydrogen-bond acceptors (Lipinski definition) is 3. The number of benzene rings is 2. The maximum atomic E-state index is 11.4. The lowest BCUT2D eigenvalue weighted by atomic mass is 10.1. The highest BCUT2D eigenvalue weighted by atomic mass is 16.5. The van der Waals surface area contributed by atoms with E-state index in [2.05, 4.69) is 32.0 Å². The van der Waals surface area contributed by atoms with Crippen LogP contribution in [0.15, 0.2) is 36.4 Å². The Kier molecular flexibility index (Phi) is 4.63. The minimum absolute atomic E-state index is 0.00848. The number of ether oxygens (including phenoxy) is 2. The van der Waals surface area contributed by atoms with Gasteiger partial charge >= 0.3 is 0 Å². The second kappa shape index (κ2) is 6.44. The molecule has 0 radical (unpaired) electrons. The Balaban J connectivity index is 2.17. The van der Waals surface area contributed by atoms with Gasteiger partial charge < -0.3 is 9.47 Å². The Morgan fingerprint density at radius 3 is 2.24 bits per heavy atom. The number of hydrogen-bond donors (Lipinski definition) is 0. The van der Waals surface area contributed by atoms with Gasteiger partial charge in [-0.3, -0.25) is 4.79 Å². The van der Waals surface area contributed by atoms with Gasteiger partial charge in [-0.25, -0.2) is 0 Å². The van der Waals surface area contributed by atoms with Gasteiger partial charge in [-0.2, -0.15) is 0 Å². The molecule has 0 N–H and O–H groups in total. The van der Waals surface area contributed by atoms with Crippen molar-refractivity contribution in [3.8, 4) is 11.5 Å². The molecule has 2 aromatic rings. The van der Waals surface area contributed by atoms with Crippen molar-refractivity contribution in [2.24, 2.45) is 0 Å². The Morgan fingerprint density at radius 1 is 1.00 bits per heavy atom. The topological polar surface area (TPSA) is 35.5 Å². The van der Waals surface area contributed by atoms with Crippen molar-refractivity contribution in [1.29, 1.82) is 0 Å². The van der Waals surface area contributed by atoms with Crippen molar-refractivity contribution in [2.45, 2.75) is 27.4 Å². The monoisotopic (exact) mass is 284 g/mol. The Bertz CT molecular complexity index is 639. The van der Waals surface area contributed by atoms with E-state index >= 15 is 0 Å². The minimum Gasteiger partial charge on any atom is -0.493 e. The number of Topliss-reactive ketones (excluding diaryl/α,β-unsaturated/α-hetero) is 1. The van der Waals surface area contributed by atoms with Gasteiger partial charge in [0.15, 0.2) is 17.3 Å². The third kappa shape index (κ3) is 3.85. The molecule has 0 bridgehead atoms. The van der Waals surface area contributed by atoms with E-state index in [9.17, 15) is 4.79 Å². The fourth-order valence-corrected chi connectivity index (χ4v) is 2.32. The highest BCUT2D eigenvalue weighted by Gasteiger charge is 2.08. The third-order valence-corrected chi connectivity index (χ3v) is 3.25. The molecule has 0 aliphatic heterocycles. The van der Waals surface area contributed by atoms with Crippen LogP contribution in [0.2, 0.25) is 0 Å². The smallest absolute Gasteiger partial charge is 0.161 e. The molecule has 110 valence electrons. The number of aryl methyl sites for hydroxylation is 2. The molecule has 3 heteroatoms. The number of rotatable bonds is 5. The molecule has 3 nitrogen and oxygen atoms in total. The predicted octanol–water partition coefficient (Wildman–Crippen LogP) is 4.09. The first-order valence-corrected chi connectivity index (χ1v) is 6.88. The maximum absolute atomic E-state index is 11.4. The van der Waals surface area contributed by atoms with Gasteiger partial charge in [0.25, 0.3) is 0 Å². The summed E-state index contributed by atoms with van der Waals surface area (Å²) in [4.78, 5) is 11.4. The molecule has 0 saturated carbocycles. The normalized spacial score (nSPS) is 10.3. The lowest BCUT2D eigenvalue weighted by Gasteiger charge is -2.12. The van der Waals surface area contributed by atoms with Gasteiger partial charge in [-0.05, 0) is 44.5 Å². The van der Waals surface area contributed by atoms with Crippen molar-refractivity contribution < 1.29 is 14.3 Å². The molecule has 0 heterocycles. The third-order valence-electron chi connectivity index (χ3n) is 3.25. The lowest BCUT2D eigenvalue weighted by Crippen LogP contribution is -2.00. The number of carbonyl (C=O) groups excluding carboxylic acids is 1. The molecule has 0 aliphatic carbocycles. The largest absolute Gasteiger partial charge is 0.493 e. The van der Waals surface area contributed by atoms with Gasteiger partial charge in [0.1, 0.15) is 6.61 Å². The molecule has 2 rings (SSSR count). The summed E-state index contributed by atoms with van der Waals surface area (Å²) in [7, 11) is 1.57. The van der Waals surface area contributed by atoms with E-state index < -0.39 is 0 Å². The Morgan fingerprint density at radius 2 is 1.67 bits per heavy atom. The minimum atomic E-state index is 0.00848. The summed E-state index contributed by atoms with van der Waals surface area (Å²) in [5.74, 6) is 1.22. The lowest BCUT2D eigenvalue weighted by molar-refractivity contribution is 0.101. The van der Waals surface area contributed by atoms with E-state index in [4.69, 9.17) is 9.47 Å². The van der Waals surface area contributed by atoms with E-state index in [-0.39, 0.29) is 5.78 Å². The zero-order valence-corrected chi connectivity index (χ0v) is 12.9. The highest BCUT2D eigenvalue weighted by Crippen LogP contribution is 2.29. The van der Waals surface area contributed by atoms with Crippen molar-refractivity contribution >= 4 is 5.78 Å². The van der Waals surface area contributed by atoms with Gasteiger partial charge in [0.05, 0.1) is 7.11 Å². The summed E-state index contributed by atoms with van der Waals surface area (Å²) >= 11 is 0. The van der Waals surface area contributed by atoms with Crippen LogP contribution in [0.1, 0.15) is 34.0 Å². The quantitative estimate of drug-likeness (QED) is 0.776. The van der Waals surface area contributed by atoms with E-state index in [1.807, 2.05) is 0 Å². The van der Waals surface area contributed by atoms with E-state index in [0.717, 1.165) is 5.56 Å². The van der Waals surface area contributed by atoms with Crippen molar-refractivity contribution in [2.75, 3.05) is 7.11 Å². The highest BCUT2D eigenvalue weighted by molar-refractivity contribution is 5.94. The zero-order chi connectivity index (χ0) is 15.4.